The van der Waals surface area contributed by atoms with Crippen LogP contribution in [0.1, 0.15) is 23.2 Å². The maximum Gasteiger partial charge on any atom is 0.237 e. The maximum atomic E-state index is 12.1. The van der Waals surface area contributed by atoms with Crippen LogP contribution in [0.25, 0.3) is 26.0 Å². The van der Waals surface area contributed by atoms with Gasteiger partial charge in [0.2, 0.25) is 5.91 Å². The van der Waals surface area contributed by atoms with Crippen molar-refractivity contribution < 1.29 is 14.3 Å². The number of nitrogen functional groups attached to an aromatic ring is 1. The largest absolute Gasteiger partial charge is 0.495 e. The predicted molar refractivity (Wildman–Crippen MR) is 143 cm³/mol. The molecule has 5 rings (SSSR count). The Morgan fingerprint density at radius 1 is 1.29 bits per heavy atom. The van der Waals surface area contributed by atoms with Gasteiger partial charge in [0, 0.05) is 36.2 Å². The molecule has 12 heteroatoms. The number of carbonyl (C=O) groups excluding carboxylic acids is 1. The minimum atomic E-state index is -0.231. The minimum absolute atomic E-state index is 0. The lowest BCUT2D eigenvalue weighted by Crippen LogP contribution is -2.36. The van der Waals surface area contributed by atoms with Crippen LogP contribution in [0.2, 0.25) is 0 Å². The number of fused-ring (bicyclic) bond motifs is 2. The van der Waals surface area contributed by atoms with E-state index < -0.39 is 0 Å². The quantitative estimate of drug-likeness (QED) is 0.329. The first-order valence-corrected chi connectivity index (χ1v) is 11.5. The number of benzene rings is 1. The Morgan fingerprint density at radius 3 is 2.77 bits per heavy atom. The van der Waals surface area contributed by atoms with E-state index in [1.807, 2.05) is 10.6 Å². The Balaban J connectivity index is 0.00000171. The SMILES string of the molecule is COCc1c(-c2cc3cc(C)cc(OC)c3s2)c2c(N)ncnn2c1CN[C@@H]1CCNC1=O.Cl.Cl. The molecule has 0 saturated carbocycles. The number of thiophene rings is 1. The highest BCUT2D eigenvalue weighted by atomic mass is 35.5. The average Bonchev–Trinajstić information content (AvgIpc) is 3.48. The van der Waals surface area contributed by atoms with Crippen molar-refractivity contribution in [1.29, 1.82) is 0 Å². The van der Waals surface area contributed by atoms with Crippen LogP contribution < -0.4 is 21.1 Å². The van der Waals surface area contributed by atoms with E-state index in [0.717, 1.165) is 55.0 Å². The third-order valence-corrected chi connectivity index (χ3v) is 7.19. The fourth-order valence-electron chi connectivity index (χ4n) is 4.52. The molecule has 4 heterocycles. The van der Waals surface area contributed by atoms with Crippen molar-refractivity contribution in [3.63, 3.8) is 0 Å². The summed E-state index contributed by atoms with van der Waals surface area (Å²) >= 11 is 1.64. The molecule has 0 aliphatic carbocycles. The first kappa shape index (κ1) is 27.0. The number of aryl methyl sites for hydroxylation is 1. The smallest absolute Gasteiger partial charge is 0.237 e. The minimum Gasteiger partial charge on any atom is -0.495 e. The summed E-state index contributed by atoms with van der Waals surface area (Å²) in [5.74, 6) is 1.25. The number of nitrogens with two attached hydrogens (primary N) is 1. The third kappa shape index (κ3) is 4.76. The summed E-state index contributed by atoms with van der Waals surface area (Å²) in [5.41, 5.74) is 11.1. The Morgan fingerprint density at radius 2 is 2.09 bits per heavy atom. The molecule has 4 N–H and O–H groups in total. The number of methoxy groups -OCH3 is 2. The van der Waals surface area contributed by atoms with E-state index in [0.29, 0.717) is 25.5 Å². The number of hydrogen-bond acceptors (Lipinski definition) is 8. The van der Waals surface area contributed by atoms with Crippen molar-refractivity contribution in [1.82, 2.24) is 25.2 Å². The number of ether oxygens (including phenoxy) is 2. The number of nitrogens with zero attached hydrogens (tertiary/aromatic N) is 3. The first-order chi connectivity index (χ1) is 16.0. The molecule has 4 aromatic rings. The molecule has 1 aliphatic rings. The summed E-state index contributed by atoms with van der Waals surface area (Å²) in [5, 5.41) is 11.8. The molecule has 3 aromatic heterocycles. The molecule has 1 fully saturated rings. The second-order valence-electron chi connectivity index (χ2n) is 8.15. The van der Waals surface area contributed by atoms with Crippen LogP contribution in [0.5, 0.6) is 5.75 Å². The van der Waals surface area contributed by atoms with Crippen LogP contribution in [0.15, 0.2) is 24.5 Å². The van der Waals surface area contributed by atoms with Gasteiger partial charge >= 0.3 is 0 Å². The van der Waals surface area contributed by atoms with E-state index in [1.165, 1.54) is 6.33 Å². The summed E-state index contributed by atoms with van der Waals surface area (Å²) in [4.78, 5) is 17.4. The normalized spacial score (nSPS) is 15.2. The van der Waals surface area contributed by atoms with E-state index in [4.69, 9.17) is 15.2 Å². The summed E-state index contributed by atoms with van der Waals surface area (Å²) in [6, 6.07) is 6.10. The highest BCUT2D eigenvalue weighted by Crippen LogP contribution is 2.44. The second-order valence-corrected chi connectivity index (χ2v) is 9.20. The lowest BCUT2D eigenvalue weighted by Gasteiger charge is -2.11. The van der Waals surface area contributed by atoms with Gasteiger partial charge < -0.3 is 25.8 Å². The van der Waals surface area contributed by atoms with Crippen LogP contribution >= 0.6 is 36.2 Å². The molecule has 1 saturated heterocycles. The molecular weight excluding hydrogens is 511 g/mol. The second kappa shape index (κ2) is 11.0. The fraction of sp³-hybridized carbons (Fsp3) is 0.348. The zero-order valence-electron chi connectivity index (χ0n) is 19.6. The highest BCUT2D eigenvalue weighted by Gasteiger charge is 2.27. The number of anilines is 1. The summed E-state index contributed by atoms with van der Waals surface area (Å²) in [6.07, 6.45) is 2.20. The lowest BCUT2D eigenvalue weighted by molar-refractivity contribution is -0.120. The van der Waals surface area contributed by atoms with Gasteiger partial charge in [-0.2, -0.15) is 5.10 Å². The van der Waals surface area contributed by atoms with Gasteiger partial charge in [0.15, 0.2) is 5.82 Å². The van der Waals surface area contributed by atoms with Crippen molar-refractivity contribution in [2.24, 2.45) is 0 Å². The zero-order valence-corrected chi connectivity index (χ0v) is 22.0. The van der Waals surface area contributed by atoms with Crippen molar-refractivity contribution >= 4 is 63.5 Å². The maximum absolute atomic E-state index is 12.1. The van der Waals surface area contributed by atoms with E-state index in [1.54, 1.807) is 25.6 Å². The van der Waals surface area contributed by atoms with E-state index >= 15 is 0 Å². The van der Waals surface area contributed by atoms with Crippen LogP contribution in [-0.2, 0) is 22.7 Å². The molecule has 35 heavy (non-hydrogen) atoms. The average molecular weight is 539 g/mol. The highest BCUT2D eigenvalue weighted by molar-refractivity contribution is 7.22. The van der Waals surface area contributed by atoms with Gasteiger partial charge in [0.05, 0.1) is 30.2 Å². The van der Waals surface area contributed by atoms with Gasteiger partial charge in [-0.1, -0.05) is 6.07 Å². The van der Waals surface area contributed by atoms with Gasteiger partial charge in [-0.3, -0.25) is 4.79 Å². The molecule has 1 atom stereocenters. The van der Waals surface area contributed by atoms with Gasteiger partial charge in [-0.25, -0.2) is 9.50 Å². The topological polar surface area (TPSA) is 116 Å². The Hall–Kier alpha value is -2.63. The summed E-state index contributed by atoms with van der Waals surface area (Å²) < 4.78 is 14.1. The molecular formula is C23H28Cl2N6O3S. The Labute approximate surface area is 219 Å². The monoisotopic (exact) mass is 538 g/mol. The molecule has 9 nitrogen and oxygen atoms in total. The third-order valence-electron chi connectivity index (χ3n) is 6.01. The van der Waals surface area contributed by atoms with Gasteiger partial charge in [-0.15, -0.1) is 36.2 Å². The number of nitrogens with one attached hydrogen (secondary N) is 2. The molecule has 0 radical (unpaired) electrons. The standard InChI is InChI=1S/C23H26N6O3S.2ClH/c1-12-6-13-8-18(33-21(13)17(7-12)32-3)19-14(10-31-2)16(9-26-15-4-5-25-23(15)30)29-20(19)22(24)27-11-28-29;;/h6-8,11,15,26H,4-5,9-10H2,1-3H3,(H,25,30)(H2,24,27,28);2*1H/t15-;;/m1../s1. The summed E-state index contributed by atoms with van der Waals surface area (Å²) in [6.45, 7) is 3.55. The number of halogens is 2. The van der Waals surface area contributed by atoms with Crippen molar-refractivity contribution in [3.05, 3.63) is 41.3 Å². The fourth-order valence-corrected chi connectivity index (χ4v) is 5.72. The van der Waals surface area contributed by atoms with Crippen LogP contribution in [0, 0.1) is 6.92 Å². The van der Waals surface area contributed by atoms with Crippen molar-refractivity contribution in [2.45, 2.75) is 32.5 Å². The van der Waals surface area contributed by atoms with Crippen molar-refractivity contribution in [2.75, 3.05) is 26.5 Å². The van der Waals surface area contributed by atoms with Gasteiger partial charge in [0.25, 0.3) is 0 Å². The van der Waals surface area contributed by atoms with E-state index in [-0.39, 0.29) is 36.8 Å². The number of hydrogen-bond donors (Lipinski definition) is 3. The van der Waals surface area contributed by atoms with Crippen LogP contribution in [-0.4, -0.2) is 47.3 Å². The zero-order chi connectivity index (χ0) is 23.1. The van der Waals surface area contributed by atoms with E-state index in [2.05, 4.69) is 39.8 Å². The van der Waals surface area contributed by atoms with Crippen molar-refractivity contribution in [3.8, 4) is 16.2 Å². The molecule has 1 amide bonds. The number of rotatable bonds is 7. The molecule has 1 aliphatic heterocycles. The number of amides is 1. The number of carbonyl (C=O) groups is 1. The molecule has 188 valence electrons. The van der Waals surface area contributed by atoms with Gasteiger partial charge in [0.1, 0.15) is 17.6 Å². The molecule has 0 unspecified atom stereocenters. The molecule has 0 bridgehead atoms. The van der Waals surface area contributed by atoms with Gasteiger partial charge in [-0.05, 0) is 36.4 Å². The Kier molecular flexibility index (Phi) is 8.45. The van der Waals surface area contributed by atoms with Crippen LogP contribution in [0.4, 0.5) is 5.82 Å². The summed E-state index contributed by atoms with van der Waals surface area (Å²) in [7, 11) is 3.35. The molecule has 1 aromatic carbocycles. The first-order valence-electron chi connectivity index (χ1n) is 10.7. The van der Waals surface area contributed by atoms with Crippen LogP contribution in [0.3, 0.4) is 0 Å². The molecule has 0 spiro atoms. The Bertz CT molecular complexity index is 1370. The number of aromatic nitrogens is 3. The lowest BCUT2D eigenvalue weighted by atomic mass is 10.1. The predicted octanol–water partition coefficient (Wildman–Crippen LogP) is 3.48. The van der Waals surface area contributed by atoms with E-state index in [9.17, 15) is 4.79 Å².